The Morgan fingerprint density at radius 1 is 1.27 bits per heavy atom. The average Bonchev–Trinajstić information content (AvgIpc) is 3.03. The monoisotopic (exact) mass is 318 g/mol. The fourth-order valence-corrected chi connectivity index (χ4v) is 4.44. The summed E-state index contributed by atoms with van der Waals surface area (Å²) in [5, 5.41) is 3.75. The lowest BCUT2D eigenvalue weighted by Crippen LogP contribution is -2.49. The smallest absolute Gasteiger partial charge is 0.0815 e. The number of benzene rings is 1. The van der Waals surface area contributed by atoms with Gasteiger partial charge in [-0.1, -0.05) is 12.1 Å². The van der Waals surface area contributed by atoms with Crippen LogP contribution in [0.5, 0.6) is 0 Å². The summed E-state index contributed by atoms with van der Waals surface area (Å²) >= 11 is 1.73. The molecule has 0 amide bonds. The number of thiazole rings is 1. The summed E-state index contributed by atoms with van der Waals surface area (Å²) in [6, 6.07) is 6.93. The number of hydrogen-bond acceptors (Lipinski definition) is 5. The SMILES string of the molecule is c1cc(CNC2CCOC3(CCOCC3)C2)c2scnc2c1. The standard InChI is InChI=1S/C17H22N2O2S/c1-2-13(16-15(3-1)19-12-22-16)11-18-14-4-7-21-17(10-14)5-8-20-9-6-17/h1-3,12,14,18H,4-11H2. The van der Waals surface area contributed by atoms with Crippen molar-refractivity contribution in [3.05, 3.63) is 29.3 Å². The van der Waals surface area contributed by atoms with Gasteiger partial charge in [0.05, 0.1) is 21.3 Å². The average molecular weight is 318 g/mol. The van der Waals surface area contributed by atoms with E-state index in [-0.39, 0.29) is 5.60 Å². The zero-order chi connectivity index (χ0) is 14.8. The highest BCUT2D eigenvalue weighted by atomic mass is 32.1. The third-order valence-electron chi connectivity index (χ3n) is 4.92. The molecular weight excluding hydrogens is 296 g/mol. The van der Waals surface area contributed by atoms with E-state index in [0.717, 1.165) is 57.6 Å². The number of rotatable bonds is 3. The minimum absolute atomic E-state index is 0.0602. The Morgan fingerprint density at radius 2 is 2.18 bits per heavy atom. The molecule has 118 valence electrons. The van der Waals surface area contributed by atoms with Crippen LogP contribution < -0.4 is 5.32 Å². The van der Waals surface area contributed by atoms with Crippen LogP contribution in [0.3, 0.4) is 0 Å². The lowest BCUT2D eigenvalue weighted by atomic mass is 9.84. The molecular formula is C17H22N2O2S. The van der Waals surface area contributed by atoms with Crippen molar-refractivity contribution >= 4 is 21.6 Å². The fraction of sp³-hybridized carbons (Fsp3) is 0.588. The summed E-state index contributed by atoms with van der Waals surface area (Å²) in [7, 11) is 0. The van der Waals surface area contributed by atoms with Gasteiger partial charge in [0.15, 0.2) is 0 Å². The normalized spacial score (nSPS) is 24.8. The summed E-state index contributed by atoms with van der Waals surface area (Å²) in [4.78, 5) is 4.40. The molecule has 1 unspecified atom stereocenters. The van der Waals surface area contributed by atoms with E-state index in [2.05, 4.69) is 28.5 Å². The van der Waals surface area contributed by atoms with E-state index >= 15 is 0 Å². The van der Waals surface area contributed by atoms with Crippen LogP contribution in [0, 0.1) is 0 Å². The summed E-state index contributed by atoms with van der Waals surface area (Å²) in [6.07, 6.45) is 4.28. The first-order chi connectivity index (χ1) is 10.8. The van der Waals surface area contributed by atoms with Gasteiger partial charge < -0.3 is 14.8 Å². The maximum Gasteiger partial charge on any atom is 0.0815 e. The fourth-order valence-electron chi connectivity index (χ4n) is 3.63. The van der Waals surface area contributed by atoms with Gasteiger partial charge in [-0.05, 0) is 37.3 Å². The van der Waals surface area contributed by atoms with Gasteiger partial charge >= 0.3 is 0 Å². The van der Waals surface area contributed by atoms with Crippen LogP contribution in [0.2, 0.25) is 0 Å². The van der Waals surface area contributed by atoms with Crippen molar-refractivity contribution in [2.45, 2.75) is 43.9 Å². The summed E-state index contributed by atoms with van der Waals surface area (Å²) in [6.45, 7) is 3.46. The summed E-state index contributed by atoms with van der Waals surface area (Å²) in [5.74, 6) is 0. The van der Waals surface area contributed by atoms with Crippen LogP contribution in [-0.2, 0) is 16.0 Å². The maximum atomic E-state index is 6.12. The lowest BCUT2D eigenvalue weighted by molar-refractivity contribution is -0.140. The molecule has 1 N–H and O–H groups in total. The highest BCUT2D eigenvalue weighted by Gasteiger charge is 2.38. The molecule has 2 aliphatic heterocycles. The predicted octanol–water partition coefficient (Wildman–Crippen LogP) is 3.11. The summed E-state index contributed by atoms with van der Waals surface area (Å²) in [5.41, 5.74) is 4.45. The second kappa shape index (κ2) is 6.24. The third kappa shape index (κ3) is 2.91. The minimum atomic E-state index is 0.0602. The minimum Gasteiger partial charge on any atom is -0.381 e. The van der Waals surface area contributed by atoms with E-state index < -0.39 is 0 Å². The topological polar surface area (TPSA) is 43.4 Å². The molecule has 0 saturated carbocycles. The van der Waals surface area contributed by atoms with E-state index in [0.29, 0.717) is 6.04 Å². The highest BCUT2D eigenvalue weighted by molar-refractivity contribution is 7.16. The van der Waals surface area contributed by atoms with Crippen LogP contribution in [0.25, 0.3) is 10.2 Å². The quantitative estimate of drug-likeness (QED) is 0.944. The second-order valence-corrected chi connectivity index (χ2v) is 7.19. The molecule has 2 aromatic rings. The van der Waals surface area contributed by atoms with Crippen LogP contribution in [0.15, 0.2) is 23.7 Å². The number of hydrogen-bond donors (Lipinski definition) is 1. The zero-order valence-corrected chi connectivity index (χ0v) is 13.5. The van der Waals surface area contributed by atoms with Gasteiger partial charge in [-0.2, -0.15) is 0 Å². The Bertz CT molecular complexity index is 631. The molecule has 2 saturated heterocycles. The highest BCUT2D eigenvalue weighted by Crippen LogP contribution is 2.34. The molecule has 1 aromatic heterocycles. The van der Waals surface area contributed by atoms with E-state index in [9.17, 15) is 0 Å². The zero-order valence-electron chi connectivity index (χ0n) is 12.7. The van der Waals surface area contributed by atoms with Crippen LogP contribution in [0.1, 0.15) is 31.2 Å². The molecule has 22 heavy (non-hydrogen) atoms. The van der Waals surface area contributed by atoms with Crippen molar-refractivity contribution < 1.29 is 9.47 Å². The molecule has 4 rings (SSSR count). The maximum absolute atomic E-state index is 6.12. The molecule has 0 bridgehead atoms. The summed E-state index contributed by atoms with van der Waals surface area (Å²) < 4.78 is 12.9. The lowest BCUT2D eigenvalue weighted by Gasteiger charge is -2.43. The van der Waals surface area contributed by atoms with E-state index in [1.165, 1.54) is 10.3 Å². The first-order valence-electron chi connectivity index (χ1n) is 8.11. The van der Waals surface area contributed by atoms with Crippen molar-refractivity contribution in [1.82, 2.24) is 10.3 Å². The van der Waals surface area contributed by atoms with Crippen molar-refractivity contribution in [3.8, 4) is 0 Å². The predicted molar refractivity (Wildman–Crippen MR) is 88.2 cm³/mol. The Kier molecular flexibility index (Phi) is 4.13. The van der Waals surface area contributed by atoms with Crippen LogP contribution in [0.4, 0.5) is 0 Å². The van der Waals surface area contributed by atoms with E-state index in [1.54, 1.807) is 11.3 Å². The number of fused-ring (bicyclic) bond motifs is 1. The molecule has 0 radical (unpaired) electrons. The Labute approximate surface area is 134 Å². The Hall–Kier alpha value is -1.01. The number of nitrogens with zero attached hydrogens (tertiary/aromatic N) is 1. The van der Waals surface area contributed by atoms with Crippen molar-refractivity contribution in [1.29, 1.82) is 0 Å². The molecule has 3 heterocycles. The van der Waals surface area contributed by atoms with Crippen molar-refractivity contribution in [2.75, 3.05) is 19.8 Å². The van der Waals surface area contributed by atoms with Gasteiger partial charge in [0.2, 0.25) is 0 Å². The van der Waals surface area contributed by atoms with Crippen LogP contribution >= 0.6 is 11.3 Å². The molecule has 1 aromatic carbocycles. The molecule has 1 atom stereocenters. The third-order valence-corrected chi connectivity index (χ3v) is 5.83. The molecule has 2 aliphatic rings. The number of nitrogens with one attached hydrogen (secondary N) is 1. The van der Waals surface area contributed by atoms with Gasteiger partial charge in [-0.3, -0.25) is 0 Å². The molecule has 2 fully saturated rings. The molecule has 0 aliphatic carbocycles. The Balaban J connectivity index is 1.42. The first kappa shape index (κ1) is 14.6. The van der Waals surface area contributed by atoms with E-state index in [4.69, 9.17) is 9.47 Å². The molecule has 5 heteroatoms. The second-order valence-electron chi connectivity index (χ2n) is 6.33. The first-order valence-corrected chi connectivity index (χ1v) is 8.99. The van der Waals surface area contributed by atoms with Gasteiger partial charge in [-0.15, -0.1) is 11.3 Å². The number of ether oxygens (including phenoxy) is 2. The van der Waals surface area contributed by atoms with Gasteiger partial charge in [0, 0.05) is 32.4 Å². The molecule has 4 nitrogen and oxygen atoms in total. The van der Waals surface area contributed by atoms with Crippen molar-refractivity contribution in [2.24, 2.45) is 0 Å². The molecule has 1 spiro atoms. The van der Waals surface area contributed by atoms with Gasteiger partial charge in [0.1, 0.15) is 0 Å². The van der Waals surface area contributed by atoms with Crippen LogP contribution in [-0.4, -0.2) is 36.4 Å². The van der Waals surface area contributed by atoms with E-state index in [1.807, 2.05) is 5.51 Å². The largest absolute Gasteiger partial charge is 0.381 e. The van der Waals surface area contributed by atoms with Gasteiger partial charge in [-0.25, -0.2) is 4.98 Å². The Morgan fingerprint density at radius 3 is 3.09 bits per heavy atom. The van der Waals surface area contributed by atoms with Crippen molar-refractivity contribution in [3.63, 3.8) is 0 Å². The number of aromatic nitrogens is 1. The van der Waals surface area contributed by atoms with Gasteiger partial charge in [0.25, 0.3) is 0 Å².